The molecule has 0 aliphatic carbocycles. The Labute approximate surface area is 146 Å². The summed E-state index contributed by atoms with van der Waals surface area (Å²) in [5.41, 5.74) is 2.12. The van der Waals surface area contributed by atoms with Crippen molar-refractivity contribution in [1.29, 1.82) is 0 Å². The Morgan fingerprint density at radius 2 is 1.76 bits per heavy atom. The van der Waals surface area contributed by atoms with Crippen LogP contribution in [0.5, 0.6) is 0 Å². The van der Waals surface area contributed by atoms with E-state index in [1.54, 1.807) is 17.1 Å². The third-order valence-electron chi connectivity index (χ3n) is 3.69. The van der Waals surface area contributed by atoms with Crippen LogP contribution in [-0.4, -0.2) is 24.0 Å². The van der Waals surface area contributed by atoms with E-state index in [2.05, 4.69) is 9.82 Å². The number of hydrogen-bond donors (Lipinski definition) is 1. The SMILES string of the molecule is CC(=O)c1ccc(S(=O)(=O)NCc2cnn(-c3ccccc3)c2)cc1. The Balaban J connectivity index is 1.70. The first kappa shape index (κ1) is 17.1. The highest BCUT2D eigenvalue weighted by atomic mass is 32.2. The van der Waals surface area contributed by atoms with Crippen molar-refractivity contribution >= 4 is 15.8 Å². The fourth-order valence-corrected chi connectivity index (χ4v) is 3.32. The molecule has 0 saturated carbocycles. The molecule has 0 radical (unpaired) electrons. The third kappa shape index (κ3) is 4.01. The van der Waals surface area contributed by atoms with Crippen molar-refractivity contribution in [3.8, 4) is 5.69 Å². The van der Waals surface area contributed by atoms with Crippen molar-refractivity contribution in [2.45, 2.75) is 18.4 Å². The average Bonchev–Trinajstić information content (AvgIpc) is 3.10. The number of aromatic nitrogens is 2. The number of ketones is 1. The van der Waals surface area contributed by atoms with Crippen LogP contribution in [0, 0.1) is 0 Å². The number of para-hydroxylation sites is 1. The van der Waals surface area contributed by atoms with Gasteiger partial charge in [-0.25, -0.2) is 17.8 Å². The molecular formula is C18H17N3O3S. The van der Waals surface area contributed by atoms with E-state index in [9.17, 15) is 13.2 Å². The van der Waals surface area contributed by atoms with Crippen LogP contribution in [-0.2, 0) is 16.6 Å². The monoisotopic (exact) mass is 355 g/mol. The van der Waals surface area contributed by atoms with Gasteiger partial charge in [-0.3, -0.25) is 4.79 Å². The molecule has 7 heteroatoms. The van der Waals surface area contributed by atoms with E-state index in [-0.39, 0.29) is 17.2 Å². The third-order valence-corrected chi connectivity index (χ3v) is 5.11. The topological polar surface area (TPSA) is 81.1 Å². The molecule has 1 aromatic heterocycles. The molecule has 128 valence electrons. The molecule has 1 heterocycles. The highest BCUT2D eigenvalue weighted by Crippen LogP contribution is 2.12. The summed E-state index contributed by atoms with van der Waals surface area (Å²) in [6.07, 6.45) is 3.39. The van der Waals surface area contributed by atoms with E-state index in [0.717, 1.165) is 11.3 Å². The standard InChI is InChI=1S/C18H17N3O3S/c1-14(22)16-7-9-18(10-8-16)25(23,24)20-12-15-11-19-21(13-15)17-5-3-2-4-6-17/h2-11,13,20H,12H2,1H3. The Morgan fingerprint density at radius 1 is 1.08 bits per heavy atom. The van der Waals surface area contributed by atoms with E-state index >= 15 is 0 Å². The molecule has 0 spiro atoms. The van der Waals surface area contributed by atoms with Crippen molar-refractivity contribution < 1.29 is 13.2 Å². The number of carbonyl (C=O) groups is 1. The fraction of sp³-hybridized carbons (Fsp3) is 0.111. The van der Waals surface area contributed by atoms with Crippen molar-refractivity contribution in [3.05, 3.63) is 78.1 Å². The number of rotatable bonds is 6. The summed E-state index contributed by atoms with van der Waals surface area (Å²) < 4.78 is 28.9. The molecular weight excluding hydrogens is 338 g/mol. The van der Waals surface area contributed by atoms with E-state index in [1.165, 1.54) is 31.2 Å². The minimum absolute atomic E-state index is 0.106. The first-order valence-corrected chi connectivity index (χ1v) is 9.14. The van der Waals surface area contributed by atoms with Crippen molar-refractivity contribution in [1.82, 2.24) is 14.5 Å². The Kier molecular flexibility index (Phi) is 4.78. The minimum atomic E-state index is -3.65. The lowest BCUT2D eigenvalue weighted by Crippen LogP contribution is -2.23. The predicted molar refractivity (Wildman–Crippen MR) is 94.0 cm³/mol. The summed E-state index contributed by atoms with van der Waals surface area (Å²) in [7, 11) is -3.65. The molecule has 0 amide bonds. The summed E-state index contributed by atoms with van der Waals surface area (Å²) in [5, 5.41) is 4.24. The summed E-state index contributed by atoms with van der Waals surface area (Å²) >= 11 is 0. The van der Waals surface area contributed by atoms with Gasteiger partial charge in [0.25, 0.3) is 0 Å². The predicted octanol–water partition coefficient (Wildman–Crippen LogP) is 2.55. The second kappa shape index (κ2) is 7.00. The van der Waals surface area contributed by atoms with Gasteiger partial charge < -0.3 is 0 Å². The molecule has 6 nitrogen and oxygen atoms in total. The van der Waals surface area contributed by atoms with Gasteiger partial charge in [0.1, 0.15) is 0 Å². The maximum Gasteiger partial charge on any atom is 0.240 e. The van der Waals surface area contributed by atoms with Gasteiger partial charge in [0.05, 0.1) is 16.8 Å². The molecule has 1 N–H and O–H groups in total. The van der Waals surface area contributed by atoms with Gasteiger partial charge in [-0.1, -0.05) is 30.3 Å². The maximum atomic E-state index is 12.3. The molecule has 2 aromatic carbocycles. The zero-order valence-electron chi connectivity index (χ0n) is 13.6. The number of Topliss-reactive ketones (excluding diaryl/α,β-unsaturated/α-hetero) is 1. The summed E-state index contributed by atoms with van der Waals surface area (Å²) in [6.45, 7) is 1.57. The number of benzene rings is 2. The number of hydrogen-bond acceptors (Lipinski definition) is 4. The Morgan fingerprint density at radius 3 is 2.40 bits per heavy atom. The van der Waals surface area contributed by atoms with Crippen LogP contribution in [0.25, 0.3) is 5.69 Å². The molecule has 0 bridgehead atoms. The van der Waals surface area contributed by atoms with Crippen LogP contribution in [0.15, 0.2) is 71.9 Å². The number of nitrogens with one attached hydrogen (secondary N) is 1. The van der Waals surface area contributed by atoms with E-state index in [0.29, 0.717) is 5.56 Å². The van der Waals surface area contributed by atoms with E-state index < -0.39 is 10.0 Å². The summed E-state index contributed by atoms with van der Waals surface area (Å²) in [6, 6.07) is 15.4. The lowest BCUT2D eigenvalue weighted by Gasteiger charge is -2.06. The van der Waals surface area contributed by atoms with Crippen molar-refractivity contribution in [2.24, 2.45) is 0 Å². The van der Waals surface area contributed by atoms with Crippen LogP contribution in [0.1, 0.15) is 22.8 Å². The average molecular weight is 355 g/mol. The van der Waals surface area contributed by atoms with Crippen LogP contribution in [0.4, 0.5) is 0 Å². The van der Waals surface area contributed by atoms with Crippen LogP contribution < -0.4 is 4.72 Å². The highest BCUT2D eigenvalue weighted by Gasteiger charge is 2.14. The van der Waals surface area contributed by atoms with E-state index in [4.69, 9.17) is 0 Å². The van der Waals surface area contributed by atoms with Gasteiger partial charge in [0, 0.05) is 23.9 Å². The zero-order chi connectivity index (χ0) is 17.9. The first-order chi connectivity index (χ1) is 12.0. The number of carbonyl (C=O) groups excluding carboxylic acids is 1. The molecule has 0 unspecified atom stereocenters. The number of nitrogens with zero attached hydrogens (tertiary/aromatic N) is 2. The van der Waals surface area contributed by atoms with Gasteiger partial charge in [-0.05, 0) is 31.2 Å². The molecule has 0 atom stereocenters. The molecule has 0 saturated heterocycles. The molecule has 25 heavy (non-hydrogen) atoms. The van der Waals surface area contributed by atoms with Crippen LogP contribution in [0.2, 0.25) is 0 Å². The van der Waals surface area contributed by atoms with Gasteiger partial charge in [-0.15, -0.1) is 0 Å². The van der Waals surface area contributed by atoms with Gasteiger partial charge in [0.2, 0.25) is 10.0 Å². The van der Waals surface area contributed by atoms with Gasteiger partial charge in [-0.2, -0.15) is 5.10 Å². The van der Waals surface area contributed by atoms with Crippen molar-refractivity contribution in [3.63, 3.8) is 0 Å². The number of sulfonamides is 1. The quantitative estimate of drug-likeness (QED) is 0.689. The molecule has 3 aromatic rings. The Hall–Kier alpha value is -2.77. The second-order valence-corrected chi connectivity index (χ2v) is 7.30. The summed E-state index contributed by atoms with van der Waals surface area (Å²) in [4.78, 5) is 11.4. The second-order valence-electron chi connectivity index (χ2n) is 5.53. The lowest BCUT2D eigenvalue weighted by molar-refractivity contribution is 0.101. The molecule has 0 fully saturated rings. The van der Waals surface area contributed by atoms with Crippen LogP contribution in [0.3, 0.4) is 0 Å². The van der Waals surface area contributed by atoms with Gasteiger partial charge >= 0.3 is 0 Å². The minimum Gasteiger partial charge on any atom is -0.295 e. The molecule has 0 aliphatic heterocycles. The summed E-state index contributed by atoms with van der Waals surface area (Å²) in [5.74, 6) is -0.106. The maximum absolute atomic E-state index is 12.3. The smallest absolute Gasteiger partial charge is 0.240 e. The molecule has 0 aliphatic rings. The Bertz CT molecular complexity index is 978. The highest BCUT2D eigenvalue weighted by molar-refractivity contribution is 7.89. The lowest BCUT2D eigenvalue weighted by atomic mass is 10.2. The fourth-order valence-electron chi connectivity index (χ4n) is 2.30. The largest absolute Gasteiger partial charge is 0.295 e. The normalized spacial score (nSPS) is 11.4. The van der Waals surface area contributed by atoms with Crippen molar-refractivity contribution in [2.75, 3.05) is 0 Å². The van der Waals surface area contributed by atoms with E-state index in [1.807, 2.05) is 30.3 Å². The zero-order valence-corrected chi connectivity index (χ0v) is 14.4. The van der Waals surface area contributed by atoms with Crippen LogP contribution >= 0.6 is 0 Å². The van der Waals surface area contributed by atoms with Gasteiger partial charge in [0.15, 0.2) is 5.78 Å². The first-order valence-electron chi connectivity index (χ1n) is 7.65. The molecule has 3 rings (SSSR count).